The number of nitrogens with two attached hydrogens (primary N) is 1. The highest BCUT2D eigenvalue weighted by Gasteiger charge is 2.15. The van der Waals surface area contributed by atoms with Crippen LogP contribution >= 0.6 is 0 Å². The summed E-state index contributed by atoms with van der Waals surface area (Å²) in [5, 5.41) is 0. The largest absolute Gasteiger partial charge is 0.493 e. The monoisotopic (exact) mass is 283 g/mol. The van der Waals surface area contributed by atoms with Crippen LogP contribution in [0.5, 0.6) is 11.5 Å². The Morgan fingerprint density at radius 3 is 2.48 bits per heavy atom. The van der Waals surface area contributed by atoms with Gasteiger partial charge in [-0.15, -0.1) is 0 Å². The van der Waals surface area contributed by atoms with Gasteiger partial charge in [-0.25, -0.2) is 0 Å². The average molecular weight is 283 g/mol. The molecule has 0 aromatic heterocycles. The van der Waals surface area contributed by atoms with E-state index in [0.717, 1.165) is 35.7 Å². The van der Waals surface area contributed by atoms with Gasteiger partial charge in [0.15, 0.2) is 0 Å². The maximum Gasteiger partial charge on any atom is 0.122 e. The molecule has 0 bridgehead atoms. The minimum absolute atomic E-state index is 0.121. The summed E-state index contributed by atoms with van der Waals surface area (Å²) in [5.74, 6) is 1.87. The molecule has 3 rings (SSSR count). The van der Waals surface area contributed by atoms with Crippen molar-refractivity contribution in [2.24, 2.45) is 5.73 Å². The molecule has 1 aliphatic rings. The number of hydrogen-bond donors (Lipinski definition) is 1. The SMILES string of the molecule is CC(C)Oc1ccc(C(N)c2ccc3c(c2)CCO3)cc1. The predicted octanol–water partition coefficient (Wildman–Crippen LogP) is 3.46. The molecule has 2 aromatic carbocycles. The maximum atomic E-state index is 6.38. The molecule has 2 N–H and O–H groups in total. The summed E-state index contributed by atoms with van der Waals surface area (Å²) in [7, 11) is 0. The zero-order valence-corrected chi connectivity index (χ0v) is 12.5. The van der Waals surface area contributed by atoms with Gasteiger partial charge in [0.25, 0.3) is 0 Å². The van der Waals surface area contributed by atoms with Gasteiger partial charge in [0.05, 0.1) is 18.8 Å². The van der Waals surface area contributed by atoms with Crippen LogP contribution in [0.25, 0.3) is 0 Å². The van der Waals surface area contributed by atoms with Crippen molar-refractivity contribution in [3.05, 3.63) is 59.2 Å². The Bertz CT molecular complexity index is 620. The van der Waals surface area contributed by atoms with Crippen LogP contribution in [0, 0.1) is 0 Å². The predicted molar refractivity (Wildman–Crippen MR) is 83.9 cm³/mol. The second-order valence-corrected chi connectivity index (χ2v) is 5.68. The number of fused-ring (bicyclic) bond motifs is 1. The standard InChI is InChI=1S/C18H21NO2/c1-12(2)21-16-6-3-13(4-7-16)18(19)15-5-8-17-14(11-15)9-10-20-17/h3-8,11-12,18H,9-10,19H2,1-2H3. The second kappa shape index (κ2) is 5.78. The van der Waals surface area contributed by atoms with Gasteiger partial charge in [0.2, 0.25) is 0 Å². The van der Waals surface area contributed by atoms with Crippen molar-refractivity contribution in [1.82, 2.24) is 0 Å². The summed E-state index contributed by atoms with van der Waals surface area (Å²) in [6, 6.07) is 14.1. The highest BCUT2D eigenvalue weighted by Crippen LogP contribution is 2.30. The minimum atomic E-state index is -0.121. The zero-order valence-electron chi connectivity index (χ0n) is 12.5. The van der Waals surface area contributed by atoms with E-state index < -0.39 is 0 Å². The lowest BCUT2D eigenvalue weighted by Gasteiger charge is -2.15. The highest BCUT2D eigenvalue weighted by atomic mass is 16.5. The first-order chi connectivity index (χ1) is 10.1. The van der Waals surface area contributed by atoms with Crippen molar-refractivity contribution in [1.29, 1.82) is 0 Å². The normalized spacial score (nSPS) is 14.7. The molecule has 3 nitrogen and oxygen atoms in total. The van der Waals surface area contributed by atoms with Crippen LogP contribution in [0.15, 0.2) is 42.5 Å². The van der Waals surface area contributed by atoms with Crippen molar-refractivity contribution in [2.45, 2.75) is 32.4 Å². The minimum Gasteiger partial charge on any atom is -0.493 e. The van der Waals surface area contributed by atoms with E-state index in [9.17, 15) is 0 Å². The number of ether oxygens (including phenoxy) is 2. The first-order valence-corrected chi connectivity index (χ1v) is 7.41. The van der Waals surface area contributed by atoms with Gasteiger partial charge in [-0.2, -0.15) is 0 Å². The first kappa shape index (κ1) is 14.0. The van der Waals surface area contributed by atoms with Gasteiger partial charge < -0.3 is 15.2 Å². The Hall–Kier alpha value is -2.00. The third-order valence-electron chi connectivity index (χ3n) is 3.68. The number of rotatable bonds is 4. The van der Waals surface area contributed by atoms with Crippen LogP contribution in [-0.4, -0.2) is 12.7 Å². The average Bonchev–Trinajstić information content (AvgIpc) is 2.94. The molecule has 1 unspecified atom stereocenters. The van der Waals surface area contributed by atoms with Gasteiger partial charge in [-0.3, -0.25) is 0 Å². The van der Waals surface area contributed by atoms with E-state index in [4.69, 9.17) is 15.2 Å². The van der Waals surface area contributed by atoms with Crippen molar-refractivity contribution < 1.29 is 9.47 Å². The summed E-state index contributed by atoms with van der Waals surface area (Å²) in [6.45, 7) is 4.81. The van der Waals surface area contributed by atoms with Crippen LogP contribution in [0.3, 0.4) is 0 Å². The number of hydrogen-bond acceptors (Lipinski definition) is 3. The second-order valence-electron chi connectivity index (χ2n) is 5.68. The van der Waals surface area contributed by atoms with Gasteiger partial charge in [-0.05, 0) is 48.7 Å². The molecule has 0 fully saturated rings. The molecular weight excluding hydrogens is 262 g/mol. The molecular formula is C18H21NO2. The van der Waals surface area contributed by atoms with Gasteiger partial charge >= 0.3 is 0 Å². The molecule has 3 heteroatoms. The molecule has 1 atom stereocenters. The lowest BCUT2D eigenvalue weighted by Crippen LogP contribution is -2.12. The highest BCUT2D eigenvalue weighted by molar-refractivity contribution is 5.43. The zero-order chi connectivity index (χ0) is 14.8. The van der Waals surface area contributed by atoms with Crippen molar-refractivity contribution >= 4 is 0 Å². The van der Waals surface area contributed by atoms with Crippen molar-refractivity contribution in [3.8, 4) is 11.5 Å². The summed E-state index contributed by atoms with van der Waals surface area (Å²) in [6.07, 6.45) is 1.15. The molecule has 0 spiro atoms. The van der Waals surface area contributed by atoms with E-state index in [0.29, 0.717) is 0 Å². The maximum absolute atomic E-state index is 6.38. The van der Waals surface area contributed by atoms with Crippen LogP contribution in [-0.2, 0) is 6.42 Å². The Balaban J connectivity index is 1.79. The van der Waals surface area contributed by atoms with Crippen LogP contribution in [0.1, 0.15) is 36.6 Å². The third kappa shape index (κ3) is 3.03. The van der Waals surface area contributed by atoms with E-state index in [1.807, 2.05) is 50.2 Å². The van der Waals surface area contributed by atoms with E-state index in [-0.39, 0.29) is 12.1 Å². The van der Waals surface area contributed by atoms with E-state index in [1.54, 1.807) is 0 Å². The molecule has 1 heterocycles. The molecule has 0 aliphatic carbocycles. The Morgan fingerprint density at radius 2 is 1.76 bits per heavy atom. The summed E-state index contributed by atoms with van der Waals surface area (Å²) < 4.78 is 11.2. The summed E-state index contributed by atoms with van der Waals surface area (Å²) >= 11 is 0. The fourth-order valence-electron chi connectivity index (χ4n) is 2.62. The smallest absolute Gasteiger partial charge is 0.122 e. The molecule has 0 radical (unpaired) electrons. The molecule has 1 aliphatic heterocycles. The van der Waals surface area contributed by atoms with E-state index in [2.05, 4.69) is 6.07 Å². The van der Waals surface area contributed by atoms with E-state index >= 15 is 0 Å². The van der Waals surface area contributed by atoms with Crippen LogP contribution < -0.4 is 15.2 Å². The molecule has 0 amide bonds. The molecule has 0 saturated heterocycles. The van der Waals surface area contributed by atoms with E-state index in [1.165, 1.54) is 5.56 Å². The fourth-order valence-corrected chi connectivity index (χ4v) is 2.62. The lowest BCUT2D eigenvalue weighted by molar-refractivity contribution is 0.242. The van der Waals surface area contributed by atoms with Gasteiger partial charge in [0, 0.05) is 6.42 Å². The summed E-state index contributed by atoms with van der Waals surface area (Å²) in [5.41, 5.74) is 9.84. The topological polar surface area (TPSA) is 44.5 Å². The Kier molecular flexibility index (Phi) is 3.84. The fraction of sp³-hybridized carbons (Fsp3) is 0.333. The summed E-state index contributed by atoms with van der Waals surface area (Å²) in [4.78, 5) is 0. The van der Waals surface area contributed by atoms with Crippen molar-refractivity contribution in [3.63, 3.8) is 0 Å². The molecule has 110 valence electrons. The molecule has 21 heavy (non-hydrogen) atoms. The Morgan fingerprint density at radius 1 is 1.05 bits per heavy atom. The van der Waals surface area contributed by atoms with Gasteiger partial charge in [0.1, 0.15) is 11.5 Å². The van der Waals surface area contributed by atoms with Crippen molar-refractivity contribution in [2.75, 3.05) is 6.61 Å². The van der Waals surface area contributed by atoms with Crippen LogP contribution in [0.2, 0.25) is 0 Å². The molecule has 0 saturated carbocycles. The van der Waals surface area contributed by atoms with Gasteiger partial charge in [-0.1, -0.05) is 24.3 Å². The molecule has 2 aromatic rings. The quantitative estimate of drug-likeness (QED) is 0.934. The first-order valence-electron chi connectivity index (χ1n) is 7.41. The van der Waals surface area contributed by atoms with Crippen LogP contribution in [0.4, 0.5) is 0 Å². The third-order valence-corrected chi connectivity index (χ3v) is 3.68. The Labute approximate surface area is 125 Å². The lowest BCUT2D eigenvalue weighted by atomic mass is 9.97. The number of benzene rings is 2.